The standard InChI is InChI=1S/C18H20BrNO2/c1-4-17(22-14-10-12(2)9-13(3)11-14)18(21)20-16-8-6-5-7-15(16)19/h5-11,17H,4H2,1-3H3,(H,20,21). The number of anilines is 1. The Morgan fingerprint density at radius 3 is 2.41 bits per heavy atom. The summed E-state index contributed by atoms with van der Waals surface area (Å²) in [6.45, 7) is 5.97. The summed E-state index contributed by atoms with van der Waals surface area (Å²) in [5.41, 5.74) is 2.99. The minimum atomic E-state index is -0.520. The van der Waals surface area contributed by atoms with Gasteiger partial charge in [-0.05, 0) is 71.6 Å². The fourth-order valence-corrected chi connectivity index (χ4v) is 2.65. The Morgan fingerprint density at radius 1 is 1.18 bits per heavy atom. The van der Waals surface area contributed by atoms with E-state index in [4.69, 9.17) is 4.74 Å². The molecule has 0 aliphatic carbocycles. The Labute approximate surface area is 139 Å². The van der Waals surface area contributed by atoms with Crippen LogP contribution in [0.1, 0.15) is 24.5 Å². The molecule has 1 amide bonds. The van der Waals surface area contributed by atoms with E-state index in [9.17, 15) is 4.79 Å². The SMILES string of the molecule is CCC(Oc1cc(C)cc(C)c1)C(=O)Nc1ccccc1Br. The van der Waals surface area contributed by atoms with Crippen LogP contribution in [0.4, 0.5) is 5.69 Å². The number of amides is 1. The van der Waals surface area contributed by atoms with Crippen molar-refractivity contribution < 1.29 is 9.53 Å². The number of hydrogen-bond acceptors (Lipinski definition) is 2. The van der Waals surface area contributed by atoms with E-state index >= 15 is 0 Å². The summed E-state index contributed by atoms with van der Waals surface area (Å²) in [6.07, 6.45) is 0.0804. The van der Waals surface area contributed by atoms with Gasteiger partial charge in [-0.2, -0.15) is 0 Å². The molecule has 2 rings (SSSR count). The van der Waals surface area contributed by atoms with E-state index in [0.717, 1.165) is 27.0 Å². The monoisotopic (exact) mass is 361 g/mol. The number of nitrogens with one attached hydrogen (secondary N) is 1. The number of hydrogen-bond donors (Lipinski definition) is 1. The largest absolute Gasteiger partial charge is 0.481 e. The lowest BCUT2D eigenvalue weighted by molar-refractivity contribution is -0.122. The Balaban J connectivity index is 2.10. The average Bonchev–Trinajstić information content (AvgIpc) is 2.46. The number of para-hydroxylation sites is 1. The van der Waals surface area contributed by atoms with Crippen molar-refractivity contribution in [2.45, 2.75) is 33.3 Å². The summed E-state index contributed by atoms with van der Waals surface area (Å²) in [6, 6.07) is 13.5. The third-order valence-corrected chi connectivity index (χ3v) is 3.96. The lowest BCUT2D eigenvalue weighted by atomic mass is 10.1. The third kappa shape index (κ3) is 4.34. The van der Waals surface area contributed by atoms with Crippen LogP contribution in [0.3, 0.4) is 0 Å². The number of carbonyl (C=O) groups is 1. The van der Waals surface area contributed by atoms with Crippen molar-refractivity contribution in [1.82, 2.24) is 0 Å². The van der Waals surface area contributed by atoms with Crippen molar-refractivity contribution in [3.8, 4) is 5.75 Å². The summed E-state index contributed by atoms with van der Waals surface area (Å²) in [4.78, 5) is 12.4. The van der Waals surface area contributed by atoms with E-state index in [2.05, 4.69) is 27.3 Å². The molecular weight excluding hydrogens is 342 g/mol. The molecule has 1 N–H and O–H groups in total. The van der Waals surface area contributed by atoms with Gasteiger partial charge in [0.05, 0.1) is 5.69 Å². The molecule has 0 radical (unpaired) electrons. The highest BCUT2D eigenvalue weighted by Gasteiger charge is 2.19. The van der Waals surface area contributed by atoms with Crippen LogP contribution in [0.5, 0.6) is 5.75 Å². The van der Waals surface area contributed by atoms with Gasteiger partial charge in [-0.1, -0.05) is 25.1 Å². The Hall–Kier alpha value is -1.81. The highest BCUT2D eigenvalue weighted by molar-refractivity contribution is 9.10. The first-order valence-corrected chi connectivity index (χ1v) is 8.09. The Kier molecular flexibility index (Phi) is 5.61. The number of carbonyl (C=O) groups excluding carboxylic acids is 1. The van der Waals surface area contributed by atoms with Gasteiger partial charge in [0.15, 0.2) is 6.10 Å². The van der Waals surface area contributed by atoms with Crippen LogP contribution in [-0.2, 0) is 4.79 Å². The highest BCUT2D eigenvalue weighted by Crippen LogP contribution is 2.23. The first kappa shape index (κ1) is 16.6. The van der Waals surface area contributed by atoms with E-state index in [1.807, 2.05) is 57.2 Å². The Bertz CT molecular complexity index is 650. The molecule has 0 fully saturated rings. The second-order valence-corrected chi connectivity index (χ2v) is 6.16. The van der Waals surface area contributed by atoms with Crippen LogP contribution in [0, 0.1) is 13.8 Å². The van der Waals surface area contributed by atoms with Gasteiger partial charge in [0, 0.05) is 4.47 Å². The average molecular weight is 362 g/mol. The molecule has 0 heterocycles. The topological polar surface area (TPSA) is 38.3 Å². The predicted molar refractivity (Wildman–Crippen MR) is 93.4 cm³/mol. The molecule has 4 heteroatoms. The van der Waals surface area contributed by atoms with Gasteiger partial charge in [0.1, 0.15) is 5.75 Å². The molecule has 1 unspecified atom stereocenters. The van der Waals surface area contributed by atoms with Gasteiger partial charge in [0.25, 0.3) is 5.91 Å². The third-order valence-electron chi connectivity index (χ3n) is 3.27. The molecule has 0 bridgehead atoms. The number of benzene rings is 2. The van der Waals surface area contributed by atoms with Crippen LogP contribution in [0.15, 0.2) is 46.9 Å². The molecule has 0 aromatic heterocycles. The second kappa shape index (κ2) is 7.45. The molecular formula is C18H20BrNO2. The summed E-state index contributed by atoms with van der Waals surface area (Å²) in [5, 5.41) is 2.90. The van der Waals surface area contributed by atoms with Crippen LogP contribution in [0.25, 0.3) is 0 Å². The maximum Gasteiger partial charge on any atom is 0.265 e. The molecule has 0 aliphatic heterocycles. The summed E-state index contributed by atoms with van der Waals surface area (Å²) in [5.74, 6) is 0.584. The Morgan fingerprint density at radius 2 is 1.82 bits per heavy atom. The second-order valence-electron chi connectivity index (χ2n) is 5.31. The van der Waals surface area contributed by atoms with Crippen LogP contribution in [-0.4, -0.2) is 12.0 Å². The van der Waals surface area contributed by atoms with Gasteiger partial charge in [-0.25, -0.2) is 0 Å². The fraction of sp³-hybridized carbons (Fsp3) is 0.278. The number of aryl methyl sites for hydroxylation is 2. The molecule has 3 nitrogen and oxygen atoms in total. The van der Waals surface area contributed by atoms with Gasteiger partial charge in [-0.15, -0.1) is 0 Å². The molecule has 0 aliphatic rings. The highest BCUT2D eigenvalue weighted by atomic mass is 79.9. The summed E-state index contributed by atoms with van der Waals surface area (Å²) >= 11 is 3.43. The zero-order valence-electron chi connectivity index (χ0n) is 13.0. The maximum absolute atomic E-state index is 12.4. The minimum absolute atomic E-state index is 0.145. The quantitative estimate of drug-likeness (QED) is 0.825. The van der Waals surface area contributed by atoms with Crippen LogP contribution >= 0.6 is 15.9 Å². The molecule has 2 aromatic rings. The van der Waals surface area contributed by atoms with Crippen molar-refractivity contribution in [3.63, 3.8) is 0 Å². The zero-order valence-corrected chi connectivity index (χ0v) is 14.6. The van der Waals surface area contributed by atoms with Gasteiger partial charge < -0.3 is 10.1 Å². The molecule has 22 heavy (non-hydrogen) atoms. The first-order valence-electron chi connectivity index (χ1n) is 7.30. The summed E-state index contributed by atoms with van der Waals surface area (Å²) < 4.78 is 6.72. The molecule has 0 saturated heterocycles. The van der Waals surface area contributed by atoms with E-state index < -0.39 is 6.10 Å². The lowest BCUT2D eigenvalue weighted by Gasteiger charge is -2.18. The van der Waals surface area contributed by atoms with E-state index in [-0.39, 0.29) is 5.91 Å². The molecule has 0 spiro atoms. The molecule has 2 aromatic carbocycles. The first-order chi connectivity index (χ1) is 10.5. The molecule has 1 atom stereocenters. The molecule has 0 saturated carbocycles. The normalized spacial score (nSPS) is 11.8. The van der Waals surface area contributed by atoms with E-state index in [0.29, 0.717) is 6.42 Å². The zero-order chi connectivity index (χ0) is 16.1. The van der Waals surface area contributed by atoms with E-state index in [1.165, 1.54) is 0 Å². The van der Waals surface area contributed by atoms with Crippen molar-refractivity contribution in [2.75, 3.05) is 5.32 Å². The lowest BCUT2D eigenvalue weighted by Crippen LogP contribution is -2.32. The van der Waals surface area contributed by atoms with E-state index in [1.54, 1.807) is 0 Å². The van der Waals surface area contributed by atoms with Crippen LogP contribution < -0.4 is 10.1 Å². The van der Waals surface area contributed by atoms with Gasteiger partial charge in [0.2, 0.25) is 0 Å². The predicted octanol–water partition coefficient (Wildman–Crippen LogP) is 4.86. The van der Waals surface area contributed by atoms with Crippen molar-refractivity contribution in [1.29, 1.82) is 0 Å². The van der Waals surface area contributed by atoms with Crippen molar-refractivity contribution in [2.24, 2.45) is 0 Å². The van der Waals surface area contributed by atoms with Crippen molar-refractivity contribution in [3.05, 3.63) is 58.1 Å². The number of halogens is 1. The van der Waals surface area contributed by atoms with Crippen molar-refractivity contribution >= 4 is 27.5 Å². The fourth-order valence-electron chi connectivity index (χ4n) is 2.26. The minimum Gasteiger partial charge on any atom is -0.481 e. The van der Waals surface area contributed by atoms with Gasteiger partial charge in [-0.3, -0.25) is 4.79 Å². The smallest absolute Gasteiger partial charge is 0.265 e. The van der Waals surface area contributed by atoms with Crippen LogP contribution in [0.2, 0.25) is 0 Å². The number of rotatable bonds is 5. The van der Waals surface area contributed by atoms with Gasteiger partial charge >= 0.3 is 0 Å². The summed E-state index contributed by atoms with van der Waals surface area (Å²) in [7, 11) is 0. The maximum atomic E-state index is 12.4. The molecule has 116 valence electrons. The number of ether oxygens (including phenoxy) is 1.